The zero-order valence-corrected chi connectivity index (χ0v) is 11.4. The SMILES string of the molecule is CCOC(=O)C1CCN(C2CCCC2CN)CC1. The summed E-state index contributed by atoms with van der Waals surface area (Å²) in [6.07, 6.45) is 5.77. The van der Waals surface area contributed by atoms with Crippen LogP contribution < -0.4 is 5.73 Å². The molecule has 0 aromatic rings. The molecule has 0 radical (unpaired) electrons. The number of carbonyl (C=O) groups excluding carboxylic acids is 1. The maximum absolute atomic E-state index is 11.7. The van der Waals surface area contributed by atoms with Crippen LogP contribution in [0.15, 0.2) is 0 Å². The number of rotatable bonds is 4. The van der Waals surface area contributed by atoms with Crippen molar-refractivity contribution in [3.63, 3.8) is 0 Å². The van der Waals surface area contributed by atoms with Gasteiger partial charge in [-0.05, 0) is 58.2 Å². The zero-order valence-electron chi connectivity index (χ0n) is 11.4. The molecule has 104 valence electrons. The van der Waals surface area contributed by atoms with Crippen LogP contribution in [-0.2, 0) is 9.53 Å². The topological polar surface area (TPSA) is 55.6 Å². The van der Waals surface area contributed by atoms with Crippen molar-refractivity contribution < 1.29 is 9.53 Å². The van der Waals surface area contributed by atoms with Crippen LogP contribution in [0.5, 0.6) is 0 Å². The predicted octanol–water partition coefficient (Wildman–Crippen LogP) is 1.39. The van der Waals surface area contributed by atoms with Crippen LogP contribution in [0.25, 0.3) is 0 Å². The second-order valence-electron chi connectivity index (χ2n) is 5.56. The van der Waals surface area contributed by atoms with E-state index in [-0.39, 0.29) is 11.9 Å². The van der Waals surface area contributed by atoms with Gasteiger partial charge in [-0.25, -0.2) is 0 Å². The first-order valence-electron chi connectivity index (χ1n) is 7.37. The van der Waals surface area contributed by atoms with Gasteiger partial charge in [0.2, 0.25) is 0 Å². The maximum Gasteiger partial charge on any atom is 0.309 e. The van der Waals surface area contributed by atoms with Crippen molar-refractivity contribution in [1.82, 2.24) is 4.90 Å². The lowest BCUT2D eigenvalue weighted by molar-refractivity contribution is -0.149. The van der Waals surface area contributed by atoms with E-state index in [4.69, 9.17) is 10.5 Å². The summed E-state index contributed by atoms with van der Waals surface area (Å²) < 4.78 is 5.11. The third kappa shape index (κ3) is 3.04. The fourth-order valence-electron chi connectivity index (χ4n) is 3.50. The van der Waals surface area contributed by atoms with Gasteiger partial charge in [-0.15, -0.1) is 0 Å². The monoisotopic (exact) mass is 254 g/mol. The van der Waals surface area contributed by atoms with Crippen LogP contribution in [0.2, 0.25) is 0 Å². The molecule has 0 amide bonds. The van der Waals surface area contributed by atoms with Gasteiger partial charge in [0.15, 0.2) is 0 Å². The Balaban J connectivity index is 1.81. The van der Waals surface area contributed by atoms with Crippen LogP contribution in [0.4, 0.5) is 0 Å². The Morgan fingerprint density at radius 2 is 2.00 bits per heavy atom. The molecule has 2 atom stereocenters. The number of esters is 1. The van der Waals surface area contributed by atoms with Gasteiger partial charge in [0.1, 0.15) is 0 Å². The van der Waals surface area contributed by atoms with Gasteiger partial charge in [0, 0.05) is 6.04 Å². The van der Waals surface area contributed by atoms with Crippen LogP contribution >= 0.6 is 0 Å². The van der Waals surface area contributed by atoms with E-state index in [1.807, 2.05) is 6.92 Å². The molecule has 0 bridgehead atoms. The highest BCUT2D eigenvalue weighted by molar-refractivity contribution is 5.72. The number of piperidine rings is 1. The summed E-state index contributed by atoms with van der Waals surface area (Å²) in [4.78, 5) is 14.2. The molecule has 1 saturated heterocycles. The molecule has 2 N–H and O–H groups in total. The second-order valence-corrected chi connectivity index (χ2v) is 5.56. The van der Waals surface area contributed by atoms with Crippen molar-refractivity contribution in [2.24, 2.45) is 17.6 Å². The summed E-state index contributed by atoms with van der Waals surface area (Å²) >= 11 is 0. The average molecular weight is 254 g/mol. The van der Waals surface area contributed by atoms with Gasteiger partial charge in [0.05, 0.1) is 12.5 Å². The molecule has 1 aliphatic carbocycles. The Bertz CT molecular complexity index is 275. The van der Waals surface area contributed by atoms with E-state index in [2.05, 4.69) is 4.90 Å². The molecule has 4 heteroatoms. The van der Waals surface area contributed by atoms with Gasteiger partial charge < -0.3 is 15.4 Å². The van der Waals surface area contributed by atoms with Crippen molar-refractivity contribution in [3.8, 4) is 0 Å². The van der Waals surface area contributed by atoms with Gasteiger partial charge in [0.25, 0.3) is 0 Å². The molecule has 0 aromatic heterocycles. The molecule has 1 saturated carbocycles. The van der Waals surface area contributed by atoms with E-state index in [0.29, 0.717) is 18.6 Å². The molecule has 2 unspecified atom stereocenters. The van der Waals surface area contributed by atoms with E-state index in [9.17, 15) is 4.79 Å². The average Bonchev–Trinajstić information content (AvgIpc) is 2.87. The van der Waals surface area contributed by atoms with Crippen molar-refractivity contribution in [2.45, 2.75) is 45.1 Å². The van der Waals surface area contributed by atoms with Crippen molar-refractivity contribution in [1.29, 1.82) is 0 Å². The molecule has 1 aliphatic heterocycles. The first-order chi connectivity index (χ1) is 8.76. The smallest absolute Gasteiger partial charge is 0.309 e. The zero-order chi connectivity index (χ0) is 13.0. The first kappa shape index (κ1) is 13.8. The highest BCUT2D eigenvalue weighted by Gasteiger charge is 2.34. The molecule has 0 aromatic carbocycles. The largest absolute Gasteiger partial charge is 0.466 e. The summed E-state index contributed by atoms with van der Waals surface area (Å²) in [7, 11) is 0. The third-order valence-electron chi connectivity index (χ3n) is 4.54. The molecule has 2 aliphatic rings. The maximum atomic E-state index is 11.7. The number of hydrogen-bond donors (Lipinski definition) is 1. The number of ether oxygens (including phenoxy) is 1. The Morgan fingerprint density at radius 1 is 1.28 bits per heavy atom. The van der Waals surface area contributed by atoms with Gasteiger partial charge in [-0.3, -0.25) is 4.79 Å². The number of nitrogens with zero attached hydrogens (tertiary/aromatic N) is 1. The molecular formula is C14H26N2O2. The van der Waals surface area contributed by atoms with E-state index in [1.165, 1.54) is 19.3 Å². The Hall–Kier alpha value is -0.610. The summed E-state index contributed by atoms with van der Waals surface area (Å²) in [6.45, 7) is 5.24. The minimum absolute atomic E-state index is 0.000975. The van der Waals surface area contributed by atoms with E-state index < -0.39 is 0 Å². The van der Waals surface area contributed by atoms with Gasteiger partial charge in [-0.2, -0.15) is 0 Å². The number of carbonyl (C=O) groups is 1. The lowest BCUT2D eigenvalue weighted by Crippen LogP contribution is -2.46. The lowest BCUT2D eigenvalue weighted by atomic mass is 9.93. The molecule has 2 fully saturated rings. The number of nitrogens with two attached hydrogens (primary N) is 1. The number of likely N-dealkylation sites (tertiary alicyclic amines) is 1. The van der Waals surface area contributed by atoms with Crippen LogP contribution in [0.1, 0.15) is 39.0 Å². The molecular weight excluding hydrogens is 228 g/mol. The highest BCUT2D eigenvalue weighted by Crippen LogP contribution is 2.32. The standard InChI is InChI=1S/C14H26N2O2/c1-2-18-14(17)11-6-8-16(9-7-11)13-5-3-4-12(13)10-15/h11-13H,2-10,15H2,1H3. The molecule has 4 nitrogen and oxygen atoms in total. The highest BCUT2D eigenvalue weighted by atomic mass is 16.5. The second kappa shape index (κ2) is 6.53. The predicted molar refractivity (Wildman–Crippen MR) is 71.1 cm³/mol. The summed E-state index contributed by atoms with van der Waals surface area (Å²) in [6, 6.07) is 0.665. The Morgan fingerprint density at radius 3 is 2.61 bits per heavy atom. The third-order valence-corrected chi connectivity index (χ3v) is 4.54. The quantitative estimate of drug-likeness (QED) is 0.770. The molecule has 18 heavy (non-hydrogen) atoms. The minimum atomic E-state index is -0.000975. The lowest BCUT2D eigenvalue weighted by Gasteiger charge is -2.37. The first-order valence-corrected chi connectivity index (χ1v) is 7.37. The molecule has 1 heterocycles. The normalized spacial score (nSPS) is 30.6. The van der Waals surface area contributed by atoms with Crippen LogP contribution in [0.3, 0.4) is 0 Å². The van der Waals surface area contributed by atoms with Crippen molar-refractivity contribution >= 4 is 5.97 Å². The molecule has 2 rings (SSSR count). The van der Waals surface area contributed by atoms with Gasteiger partial charge >= 0.3 is 5.97 Å². The van der Waals surface area contributed by atoms with E-state index >= 15 is 0 Å². The van der Waals surface area contributed by atoms with Crippen LogP contribution in [0, 0.1) is 11.8 Å². The van der Waals surface area contributed by atoms with Gasteiger partial charge in [-0.1, -0.05) is 6.42 Å². The van der Waals surface area contributed by atoms with E-state index in [0.717, 1.165) is 32.5 Å². The Labute approximate surface area is 110 Å². The molecule has 0 spiro atoms. The Kier molecular flexibility index (Phi) is 5.01. The summed E-state index contributed by atoms with van der Waals surface area (Å²) in [5.74, 6) is 0.794. The minimum Gasteiger partial charge on any atom is -0.466 e. The fourth-order valence-corrected chi connectivity index (χ4v) is 3.50. The van der Waals surface area contributed by atoms with Crippen LogP contribution in [-0.4, -0.2) is 43.2 Å². The van der Waals surface area contributed by atoms with Crippen molar-refractivity contribution in [2.75, 3.05) is 26.2 Å². The summed E-state index contributed by atoms with van der Waals surface area (Å²) in [5.41, 5.74) is 5.85. The fraction of sp³-hybridized carbons (Fsp3) is 0.929. The summed E-state index contributed by atoms with van der Waals surface area (Å²) in [5, 5.41) is 0. The van der Waals surface area contributed by atoms with E-state index in [1.54, 1.807) is 0 Å². The number of hydrogen-bond acceptors (Lipinski definition) is 4. The van der Waals surface area contributed by atoms with Crippen molar-refractivity contribution in [3.05, 3.63) is 0 Å².